The Kier molecular flexibility index (Phi) is 7.94. The van der Waals surface area contributed by atoms with E-state index in [9.17, 15) is 27.9 Å². The third-order valence-electron chi connectivity index (χ3n) is 5.36. The number of aromatic nitrogens is 7. The summed E-state index contributed by atoms with van der Waals surface area (Å²) in [7, 11) is 0. The van der Waals surface area contributed by atoms with Crippen molar-refractivity contribution in [1.82, 2.24) is 34.1 Å². The number of rotatable bonds is 8. The SMILES string of the molecule is CC(OC(N)=O)c1nc(Cn2nc(-c3ccc(Cl)cc3)n(CC(O)C(F)(F)F)c2=O)nn1-c1cnccc1Cl. The first kappa shape index (κ1) is 28.1. The number of aliphatic hydroxyl groups is 1. The summed E-state index contributed by atoms with van der Waals surface area (Å²) in [4.78, 5) is 32.8. The summed E-state index contributed by atoms with van der Waals surface area (Å²) in [5, 5.41) is 18.7. The van der Waals surface area contributed by atoms with Crippen molar-refractivity contribution in [2.24, 2.45) is 5.73 Å². The molecular weight excluding hydrogens is 568 g/mol. The molecule has 2 atom stereocenters. The minimum atomic E-state index is -4.98. The minimum absolute atomic E-state index is 0.0318. The van der Waals surface area contributed by atoms with Gasteiger partial charge in [-0.2, -0.15) is 13.2 Å². The lowest BCUT2D eigenvalue weighted by Gasteiger charge is -2.15. The number of primary amides is 1. The maximum absolute atomic E-state index is 13.2. The monoisotopic (exact) mass is 586 g/mol. The summed E-state index contributed by atoms with van der Waals surface area (Å²) in [5.41, 5.74) is 4.70. The average Bonchev–Trinajstić information content (AvgIpc) is 3.41. The fourth-order valence-electron chi connectivity index (χ4n) is 3.56. The number of hydrogen-bond donors (Lipinski definition) is 2. The molecule has 0 aliphatic rings. The van der Waals surface area contributed by atoms with Crippen LogP contribution in [0.5, 0.6) is 0 Å². The summed E-state index contributed by atoms with van der Waals surface area (Å²) in [6.07, 6.45) is -7.09. The van der Waals surface area contributed by atoms with Crippen molar-refractivity contribution < 1.29 is 27.8 Å². The standard InChI is InChI=1S/C22H19Cl2F3N8O4/c1-11(39-20(28)37)18-30-17(31-35(18)15-8-29-7-6-14(15)24)10-34-21(38)33(9-16(36)22(25,26)27)19(32-34)12-2-4-13(23)5-3-12/h2-8,11,16,36H,9-10H2,1H3,(H2,28,37). The molecule has 0 aliphatic heterocycles. The fraction of sp³-hybridized carbons (Fsp3) is 0.273. The predicted molar refractivity (Wildman–Crippen MR) is 131 cm³/mol. The molecule has 0 saturated heterocycles. The molecule has 0 fully saturated rings. The van der Waals surface area contributed by atoms with Crippen molar-refractivity contribution in [3.63, 3.8) is 0 Å². The normalized spacial score (nSPS) is 13.3. The first-order valence-electron chi connectivity index (χ1n) is 11.0. The Morgan fingerprint density at radius 2 is 1.87 bits per heavy atom. The van der Waals surface area contributed by atoms with Gasteiger partial charge in [-0.05, 0) is 37.3 Å². The van der Waals surface area contributed by atoms with Crippen LogP contribution in [0.3, 0.4) is 0 Å². The molecule has 4 rings (SSSR count). The fourth-order valence-corrected chi connectivity index (χ4v) is 3.87. The van der Waals surface area contributed by atoms with E-state index in [0.717, 1.165) is 4.68 Å². The van der Waals surface area contributed by atoms with Crippen LogP contribution in [0.15, 0.2) is 47.5 Å². The maximum Gasteiger partial charge on any atom is 0.416 e. The number of hydrogen-bond acceptors (Lipinski definition) is 8. The predicted octanol–water partition coefficient (Wildman–Crippen LogP) is 3.12. The van der Waals surface area contributed by atoms with Crippen LogP contribution >= 0.6 is 23.2 Å². The van der Waals surface area contributed by atoms with Crippen molar-refractivity contribution in [3.8, 4) is 17.1 Å². The van der Waals surface area contributed by atoms with Gasteiger partial charge in [0.25, 0.3) is 0 Å². The highest BCUT2D eigenvalue weighted by Crippen LogP contribution is 2.26. The van der Waals surface area contributed by atoms with Crippen molar-refractivity contribution in [1.29, 1.82) is 0 Å². The van der Waals surface area contributed by atoms with E-state index in [-0.39, 0.29) is 33.7 Å². The summed E-state index contributed by atoms with van der Waals surface area (Å²) in [5.74, 6) is -0.118. The van der Waals surface area contributed by atoms with Crippen LogP contribution in [0.4, 0.5) is 18.0 Å². The van der Waals surface area contributed by atoms with Gasteiger partial charge in [0.15, 0.2) is 29.7 Å². The summed E-state index contributed by atoms with van der Waals surface area (Å²) < 4.78 is 47.1. The Bertz CT molecular complexity index is 1550. The van der Waals surface area contributed by atoms with Gasteiger partial charge in [-0.25, -0.2) is 23.9 Å². The van der Waals surface area contributed by atoms with E-state index in [1.807, 2.05) is 0 Å². The topological polar surface area (TPSA) is 156 Å². The molecular formula is C22H19Cl2F3N8O4. The van der Waals surface area contributed by atoms with Gasteiger partial charge in [-0.3, -0.25) is 9.55 Å². The van der Waals surface area contributed by atoms with Gasteiger partial charge >= 0.3 is 18.0 Å². The molecule has 1 amide bonds. The molecule has 0 bridgehead atoms. The summed E-state index contributed by atoms with van der Waals surface area (Å²) in [6, 6.07) is 7.35. The Morgan fingerprint density at radius 3 is 2.49 bits per heavy atom. The second-order valence-electron chi connectivity index (χ2n) is 8.14. The zero-order valence-corrected chi connectivity index (χ0v) is 21.4. The van der Waals surface area contributed by atoms with Gasteiger partial charge in [-0.15, -0.1) is 10.2 Å². The van der Waals surface area contributed by atoms with E-state index in [0.29, 0.717) is 9.59 Å². The van der Waals surface area contributed by atoms with Crippen LogP contribution in [0, 0.1) is 0 Å². The first-order chi connectivity index (χ1) is 18.3. The van der Waals surface area contributed by atoms with E-state index < -0.39 is 43.3 Å². The van der Waals surface area contributed by atoms with Crippen LogP contribution in [0.25, 0.3) is 17.1 Å². The lowest BCUT2D eigenvalue weighted by Crippen LogP contribution is -2.37. The number of halogens is 5. The molecule has 0 radical (unpaired) electrons. The second-order valence-corrected chi connectivity index (χ2v) is 8.99. The highest BCUT2D eigenvalue weighted by atomic mass is 35.5. The number of ether oxygens (including phenoxy) is 1. The lowest BCUT2D eigenvalue weighted by atomic mass is 10.2. The second kappa shape index (κ2) is 11.0. The zero-order chi connectivity index (χ0) is 28.5. The molecule has 12 nitrogen and oxygen atoms in total. The highest BCUT2D eigenvalue weighted by Gasteiger charge is 2.39. The lowest BCUT2D eigenvalue weighted by molar-refractivity contribution is -0.207. The molecule has 3 heterocycles. The number of amides is 1. The summed E-state index contributed by atoms with van der Waals surface area (Å²) in [6.45, 7) is -0.0463. The van der Waals surface area contributed by atoms with Crippen LogP contribution in [-0.2, 0) is 17.8 Å². The number of benzene rings is 1. The van der Waals surface area contributed by atoms with Crippen molar-refractivity contribution in [2.75, 3.05) is 0 Å². The molecule has 206 valence electrons. The van der Waals surface area contributed by atoms with Gasteiger partial charge < -0.3 is 15.6 Å². The van der Waals surface area contributed by atoms with Gasteiger partial charge in [0, 0.05) is 16.8 Å². The Labute approximate surface area is 227 Å². The maximum atomic E-state index is 13.2. The number of aliphatic hydroxyl groups excluding tert-OH is 1. The highest BCUT2D eigenvalue weighted by molar-refractivity contribution is 6.32. The van der Waals surface area contributed by atoms with E-state index in [1.165, 1.54) is 54.3 Å². The summed E-state index contributed by atoms with van der Waals surface area (Å²) >= 11 is 12.2. The van der Waals surface area contributed by atoms with Crippen LogP contribution < -0.4 is 11.4 Å². The van der Waals surface area contributed by atoms with E-state index in [2.05, 4.69) is 20.2 Å². The van der Waals surface area contributed by atoms with Gasteiger partial charge in [0.05, 0.1) is 17.8 Å². The first-order valence-corrected chi connectivity index (χ1v) is 11.8. The van der Waals surface area contributed by atoms with Crippen molar-refractivity contribution in [3.05, 3.63) is 74.9 Å². The van der Waals surface area contributed by atoms with Crippen LogP contribution in [0.2, 0.25) is 10.0 Å². The number of carbonyl (C=O) groups excluding carboxylic acids is 1. The number of alkyl halides is 3. The Hall–Kier alpha value is -3.95. The van der Waals surface area contributed by atoms with Gasteiger partial charge in [-0.1, -0.05) is 23.2 Å². The average molecular weight is 587 g/mol. The number of pyridine rings is 1. The Morgan fingerprint density at radius 1 is 1.18 bits per heavy atom. The zero-order valence-electron chi connectivity index (χ0n) is 19.9. The smallest absolute Gasteiger partial charge is 0.416 e. The number of carbonyl (C=O) groups is 1. The van der Waals surface area contributed by atoms with E-state index in [4.69, 9.17) is 33.7 Å². The Balaban J connectivity index is 1.79. The molecule has 17 heteroatoms. The molecule has 2 unspecified atom stereocenters. The van der Waals surface area contributed by atoms with Crippen LogP contribution in [0.1, 0.15) is 24.7 Å². The van der Waals surface area contributed by atoms with Gasteiger partial charge in [0.2, 0.25) is 0 Å². The molecule has 39 heavy (non-hydrogen) atoms. The molecule has 4 aromatic rings. The van der Waals surface area contributed by atoms with Crippen LogP contribution in [-0.4, -0.2) is 57.6 Å². The minimum Gasteiger partial charge on any atom is -0.438 e. The van der Waals surface area contributed by atoms with Crippen molar-refractivity contribution >= 4 is 29.3 Å². The third-order valence-corrected chi connectivity index (χ3v) is 5.93. The molecule has 3 N–H and O–H groups in total. The molecule has 0 saturated carbocycles. The molecule has 0 spiro atoms. The number of nitrogens with two attached hydrogens (primary N) is 1. The largest absolute Gasteiger partial charge is 0.438 e. The van der Waals surface area contributed by atoms with Crippen molar-refractivity contribution in [2.45, 2.75) is 38.4 Å². The van der Waals surface area contributed by atoms with E-state index in [1.54, 1.807) is 0 Å². The molecule has 1 aromatic carbocycles. The third kappa shape index (κ3) is 6.21. The van der Waals surface area contributed by atoms with E-state index >= 15 is 0 Å². The quantitative estimate of drug-likeness (QED) is 0.319. The molecule has 3 aromatic heterocycles. The van der Waals surface area contributed by atoms with Gasteiger partial charge in [0.1, 0.15) is 12.2 Å². The molecule has 0 aliphatic carbocycles. The number of nitrogens with zero attached hydrogens (tertiary/aromatic N) is 7.